The van der Waals surface area contributed by atoms with Crippen molar-refractivity contribution in [2.24, 2.45) is 0 Å². The molecule has 98 valence electrons. The Bertz CT molecular complexity index is 655. The molecule has 1 aromatic carbocycles. The van der Waals surface area contributed by atoms with Gasteiger partial charge in [-0.25, -0.2) is 13.8 Å². The van der Waals surface area contributed by atoms with E-state index in [-0.39, 0.29) is 22.2 Å². The number of ketones is 1. The van der Waals surface area contributed by atoms with E-state index in [0.29, 0.717) is 6.07 Å². The maximum Gasteiger partial charge on any atom is 0.260 e. The number of halogens is 2. The Kier molecular flexibility index (Phi) is 3.66. The van der Waals surface area contributed by atoms with Gasteiger partial charge in [0.15, 0.2) is 10.9 Å². The molecule has 1 N–H and O–H groups in total. The monoisotopic (exact) mass is 282 g/mol. The standard InChI is InChI=1S/C12H8F2N2O2S/c1-6(17)10-5-19-12(15-10)16-11(18)8-3-2-7(13)4-9(8)14/h2-5H,1H3,(H,15,16,18). The first-order valence-corrected chi connectivity index (χ1v) is 6.08. The highest BCUT2D eigenvalue weighted by molar-refractivity contribution is 7.14. The zero-order valence-electron chi connectivity index (χ0n) is 9.74. The van der Waals surface area contributed by atoms with Gasteiger partial charge >= 0.3 is 0 Å². The van der Waals surface area contributed by atoms with Crippen LogP contribution in [0.3, 0.4) is 0 Å². The van der Waals surface area contributed by atoms with E-state index in [4.69, 9.17) is 0 Å². The quantitative estimate of drug-likeness (QED) is 0.881. The third-order valence-corrected chi connectivity index (χ3v) is 3.02. The molecule has 1 amide bonds. The molecule has 0 bridgehead atoms. The SMILES string of the molecule is CC(=O)c1csc(NC(=O)c2ccc(F)cc2F)n1. The summed E-state index contributed by atoms with van der Waals surface area (Å²) in [7, 11) is 0. The molecule has 0 aliphatic carbocycles. The molecule has 0 saturated carbocycles. The summed E-state index contributed by atoms with van der Waals surface area (Å²) in [5.74, 6) is -2.70. The fraction of sp³-hybridized carbons (Fsp3) is 0.0833. The van der Waals surface area contributed by atoms with E-state index in [1.54, 1.807) is 0 Å². The number of aromatic nitrogens is 1. The first kappa shape index (κ1) is 13.3. The largest absolute Gasteiger partial charge is 0.298 e. The van der Waals surface area contributed by atoms with Crippen molar-refractivity contribution in [1.29, 1.82) is 0 Å². The lowest BCUT2D eigenvalue weighted by molar-refractivity contribution is 0.100. The molecule has 2 aromatic rings. The summed E-state index contributed by atoms with van der Waals surface area (Å²) in [6.07, 6.45) is 0. The van der Waals surface area contributed by atoms with E-state index >= 15 is 0 Å². The Morgan fingerprint density at radius 1 is 1.32 bits per heavy atom. The molecule has 4 nitrogen and oxygen atoms in total. The van der Waals surface area contributed by atoms with Gasteiger partial charge in [0, 0.05) is 18.4 Å². The summed E-state index contributed by atoms with van der Waals surface area (Å²) in [6, 6.07) is 2.65. The van der Waals surface area contributed by atoms with Crippen molar-refractivity contribution >= 4 is 28.2 Å². The summed E-state index contributed by atoms with van der Waals surface area (Å²) in [5.41, 5.74) is -0.0687. The topological polar surface area (TPSA) is 59.1 Å². The summed E-state index contributed by atoms with van der Waals surface area (Å²) in [4.78, 5) is 26.6. The molecule has 19 heavy (non-hydrogen) atoms. The van der Waals surface area contributed by atoms with Crippen molar-refractivity contribution in [3.05, 3.63) is 46.5 Å². The Labute approximate surface area is 111 Å². The fourth-order valence-corrected chi connectivity index (χ4v) is 2.08. The second-order valence-electron chi connectivity index (χ2n) is 3.67. The van der Waals surface area contributed by atoms with Gasteiger partial charge in [-0.15, -0.1) is 11.3 Å². The fourth-order valence-electron chi connectivity index (χ4n) is 1.33. The van der Waals surface area contributed by atoms with Crippen LogP contribution < -0.4 is 5.32 Å². The molecule has 0 aliphatic rings. The first-order valence-electron chi connectivity index (χ1n) is 5.20. The molecule has 2 rings (SSSR count). The third kappa shape index (κ3) is 3.00. The summed E-state index contributed by atoms with van der Waals surface area (Å²) >= 11 is 1.05. The van der Waals surface area contributed by atoms with Crippen LogP contribution in [-0.2, 0) is 0 Å². The van der Waals surface area contributed by atoms with Crippen molar-refractivity contribution in [3.8, 4) is 0 Å². The number of Topliss-reactive ketones (excluding diaryl/α,β-unsaturated/α-hetero) is 1. The number of carbonyl (C=O) groups is 2. The number of amides is 1. The second-order valence-corrected chi connectivity index (χ2v) is 4.53. The zero-order valence-corrected chi connectivity index (χ0v) is 10.6. The molecule has 0 unspecified atom stereocenters. The summed E-state index contributed by atoms with van der Waals surface area (Å²) in [5, 5.41) is 4.01. The Morgan fingerprint density at radius 3 is 2.63 bits per heavy atom. The molecule has 0 atom stereocenters. The molecule has 0 fully saturated rings. The molecule has 0 spiro atoms. The highest BCUT2D eigenvalue weighted by Crippen LogP contribution is 2.18. The van der Waals surface area contributed by atoms with Gasteiger partial charge < -0.3 is 0 Å². The number of benzene rings is 1. The van der Waals surface area contributed by atoms with E-state index in [1.807, 2.05) is 0 Å². The second kappa shape index (κ2) is 5.23. The Morgan fingerprint density at radius 2 is 2.05 bits per heavy atom. The molecule has 1 aromatic heterocycles. The van der Waals surface area contributed by atoms with Crippen LogP contribution >= 0.6 is 11.3 Å². The van der Waals surface area contributed by atoms with Gasteiger partial charge in [-0.1, -0.05) is 0 Å². The van der Waals surface area contributed by atoms with Crippen LogP contribution in [0.25, 0.3) is 0 Å². The van der Waals surface area contributed by atoms with Gasteiger partial charge in [0.05, 0.1) is 5.56 Å². The molecule has 0 aliphatic heterocycles. The normalized spacial score (nSPS) is 10.3. The van der Waals surface area contributed by atoms with Crippen molar-refractivity contribution in [3.63, 3.8) is 0 Å². The smallest absolute Gasteiger partial charge is 0.260 e. The number of hydrogen-bond donors (Lipinski definition) is 1. The number of hydrogen-bond acceptors (Lipinski definition) is 4. The minimum atomic E-state index is -0.958. The van der Waals surface area contributed by atoms with E-state index in [1.165, 1.54) is 12.3 Å². The lowest BCUT2D eigenvalue weighted by atomic mass is 10.2. The number of carbonyl (C=O) groups excluding carboxylic acids is 2. The van der Waals surface area contributed by atoms with Crippen LogP contribution in [0.1, 0.15) is 27.8 Å². The summed E-state index contributed by atoms with van der Waals surface area (Å²) in [6.45, 7) is 1.35. The van der Waals surface area contributed by atoms with Crippen LogP contribution in [0.5, 0.6) is 0 Å². The molecule has 0 saturated heterocycles. The molecular formula is C12H8F2N2O2S. The average Bonchev–Trinajstić information content (AvgIpc) is 2.77. The van der Waals surface area contributed by atoms with E-state index in [9.17, 15) is 18.4 Å². The molecular weight excluding hydrogens is 274 g/mol. The maximum absolute atomic E-state index is 13.4. The predicted molar refractivity (Wildman–Crippen MR) is 66.4 cm³/mol. The van der Waals surface area contributed by atoms with Gasteiger partial charge in [-0.05, 0) is 12.1 Å². The van der Waals surface area contributed by atoms with Gasteiger partial charge in [0.1, 0.15) is 17.3 Å². The van der Waals surface area contributed by atoms with Crippen LogP contribution in [-0.4, -0.2) is 16.7 Å². The first-order chi connectivity index (χ1) is 8.97. The molecule has 7 heteroatoms. The minimum absolute atomic E-state index is 0.180. The van der Waals surface area contributed by atoms with Gasteiger partial charge in [-0.3, -0.25) is 14.9 Å². The van der Waals surface area contributed by atoms with Gasteiger partial charge in [0.2, 0.25) is 0 Å². The van der Waals surface area contributed by atoms with Crippen LogP contribution in [0.15, 0.2) is 23.6 Å². The number of nitrogens with one attached hydrogen (secondary N) is 1. The highest BCUT2D eigenvalue weighted by Gasteiger charge is 2.14. The zero-order chi connectivity index (χ0) is 14.0. The lowest BCUT2D eigenvalue weighted by Gasteiger charge is -2.02. The number of thiazole rings is 1. The van der Waals surface area contributed by atoms with E-state index < -0.39 is 17.5 Å². The van der Waals surface area contributed by atoms with E-state index in [0.717, 1.165) is 23.5 Å². The third-order valence-electron chi connectivity index (χ3n) is 2.26. The minimum Gasteiger partial charge on any atom is -0.298 e. The Balaban J connectivity index is 2.18. The van der Waals surface area contributed by atoms with Gasteiger partial charge in [-0.2, -0.15) is 0 Å². The highest BCUT2D eigenvalue weighted by atomic mass is 32.1. The van der Waals surface area contributed by atoms with Crippen LogP contribution in [0.2, 0.25) is 0 Å². The maximum atomic E-state index is 13.4. The molecule has 0 radical (unpaired) electrons. The molecule has 1 heterocycles. The number of rotatable bonds is 3. The summed E-state index contributed by atoms with van der Waals surface area (Å²) < 4.78 is 26.1. The van der Waals surface area contributed by atoms with E-state index in [2.05, 4.69) is 10.3 Å². The lowest BCUT2D eigenvalue weighted by Crippen LogP contribution is -2.14. The average molecular weight is 282 g/mol. The van der Waals surface area contributed by atoms with Crippen LogP contribution in [0, 0.1) is 11.6 Å². The predicted octanol–water partition coefficient (Wildman–Crippen LogP) is 2.88. The van der Waals surface area contributed by atoms with Crippen molar-refractivity contribution in [1.82, 2.24) is 4.98 Å². The van der Waals surface area contributed by atoms with Crippen molar-refractivity contribution in [2.75, 3.05) is 5.32 Å². The number of anilines is 1. The Hall–Kier alpha value is -2.15. The van der Waals surface area contributed by atoms with Crippen molar-refractivity contribution < 1.29 is 18.4 Å². The van der Waals surface area contributed by atoms with Crippen molar-refractivity contribution in [2.45, 2.75) is 6.92 Å². The van der Waals surface area contributed by atoms with Gasteiger partial charge in [0.25, 0.3) is 5.91 Å². The number of nitrogens with zero attached hydrogens (tertiary/aromatic N) is 1. The van der Waals surface area contributed by atoms with Crippen LogP contribution in [0.4, 0.5) is 13.9 Å².